The van der Waals surface area contributed by atoms with Gasteiger partial charge in [-0.25, -0.2) is 4.79 Å². The SMILES string of the molecule is COc1cc(C(C)(C)C2CCCCC2)cc(OC)c1C(=O)O. The van der Waals surface area contributed by atoms with E-state index >= 15 is 0 Å². The molecule has 0 atom stereocenters. The van der Waals surface area contributed by atoms with Crippen molar-refractivity contribution in [1.82, 2.24) is 0 Å². The summed E-state index contributed by atoms with van der Waals surface area (Å²) in [5.41, 5.74) is 1.14. The Labute approximate surface area is 132 Å². The maximum absolute atomic E-state index is 11.5. The Hall–Kier alpha value is -1.71. The molecule has 1 fully saturated rings. The van der Waals surface area contributed by atoms with Crippen LogP contribution in [0, 0.1) is 5.92 Å². The summed E-state index contributed by atoms with van der Waals surface area (Å²) in [5, 5.41) is 9.39. The van der Waals surface area contributed by atoms with Crippen molar-refractivity contribution < 1.29 is 19.4 Å². The largest absolute Gasteiger partial charge is 0.496 e. The topological polar surface area (TPSA) is 55.8 Å². The van der Waals surface area contributed by atoms with Crippen LogP contribution in [0.3, 0.4) is 0 Å². The maximum Gasteiger partial charge on any atom is 0.343 e. The molecule has 122 valence electrons. The third-order valence-corrected chi connectivity index (χ3v) is 5.09. The minimum absolute atomic E-state index is 0.0297. The molecule has 0 bridgehead atoms. The molecule has 0 radical (unpaired) electrons. The van der Waals surface area contributed by atoms with Crippen LogP contribution in [0.5, 0.6) is 11.5 Å². The molecule has 1 aliphatic carbocycles. The van der Waals surface area contributed by atoms with Crippen LogP contribution in [0.2, 0.25) is 0 Å². The van der Waals surface area contributed by atoms with Gasteiger partial charge in [0.15, 0.2) is 0 Å². The van der Waals surface area contributed by atoms with E-state index in [1.54, 1.807) is 0 Å². The van der Waals surface area contributed by atoms with Gasteiger partial charge in [0.2, 0.25) is 0 Å². The zero-order valence-corrected chi connectivity index (χ0v) is 13.9. The number of carboxylic acid groups (broad SMARTS) is 1. The number of hydrogen-bond donors (Lipinski definition) is 1. The Morgan fingerprint density at radius 1 is 1.09 bits per heavy atom. The van der Waals surface area contributed by atoms with Crippen LogP contribution in [0.25, 0.3) is 0 Å². The highest BCUT2D eigenvalue weighted by Gasteiger charge is 2.34. The van der Waals surface area contributed by atoms with Gasteiger partial charge >= 0.3 is 5.97 Å². The van der Waals surface area contributed by atoms with Crippen LogP contribution in [0.15, 0.2) is 12.1 Å². The Kier molecular flexibility index (Phi) is 4.99. The molecule has 0 aliphatic heterocycles. The summed E-state index contributed by atoms with van der Waals surface area (Å²) in [6.07, 6.45) is 6.30. The average Bonchev–Trinajstić information content (AvgIpc) is 2.53. The van der Waals surface area contributed by atoms with Gasteiger partial charge in [-0.1, -0.05) is 33.1 Å². The van der Waals surface area contributed by atoms with E-state index in [9.17, 15) is 9.90 Å². The Bertz CT molecular complexity index is 517. The summed E-state index contributed by atoms with van der Waals surface area (Å²) in [7, 11) is 3.00. The minimum atomic E-state index is -1.03. The Morgan fingerprint density at radius 3 is 2.00 bits per heavy atom. The molecule has 1 saturated carbocycles. The van der Waals surface area contributed by atoms with Gasteiger partial charge in [-0.2, -0.15) is 0 Å². The second kappa shape index (κ2) is 6.59. The van der Waals surface area contributed by atoms with Crippen LogP contribution in [0.4, 0.5) is 0 Å². The summed E-state index contributed by atoms with van der Waals surface area (Å²) in [5.74, 6) is 0.304. The van der Waals surface area contributed by atoms with E-state index in [0.717, 1.165) is 5.56 Å². The first-order chi connectivity index (χ1) is 10.4. The number of carbonyl (C=O) groups is 1. The van der Waals surface area contributed by atoms with Gasteiger partial charge in [0.1, 0.15) is 17.1 Å². The zero-order valence-electron chi connectivity index (χ0n) is 13.9. The van der Waals surface area contributed by atoms with Crippen molar-refractivity contribution in [1.29, 1.82) is 0 Å². The second-order valence-electron chi connectivity index (χ2n) is 6.62. The molecule has 0 aromatic heterocycles. The van der Waals surface area contributed by atoms with Crippen LogP contribution < -0.4 is 9.47 Å². The number of rotatable bonds is 5. The molecule has 1 aromatic carbocycles. The predicted molar refractivity (Wildman–Crippen MR) is 86.1 cm³/mol. The monoisotopic (exact) mass is 306 g/mol. The molecule has 0 heterocycles. The van der Waals surface area contributed by atoms with E-state index in [0.29, 0.717) is 17.4 Å². The summed E-state index contributed by atoms with van der Waals surface area (Å²) < 4.78 is 10.6. The van der Waals surface area contributed by atoms with Crippen LogP contribution >= 0.6 is 0 Å². The van der Waals surface area contributed by atoms with E-state index in [4.69, 9.17) is 9.47 Å². The van der Waals surface area contributed by atoms with Gasteiger partial charge in [0.05, 0.1) is 14.2 Å². The first kappa shape index (κ1) is 16.7. The lowest BCUT2D eigenvalue weighted by molar-refractivity contribution is 0.0689. The maximum atomic E-state index is 11.5. The van der Waals surface area contributed by atoms with Crippen LogP contribution in [0.1, 0.15) is 61.9 Å². The molecule has 0 amide bonds. The normalized spacial score (nSPS) is 16.4. The Balaban J connectivity index is 2.48. The Morgan fingerprint density at radius 2 is 1.59 bits per heavy atom. The molecule has 1 aliphatic rings. The lowest BCUT2D eigenvalue weighted by Crippen LogP contribution is -2.30. The van der Waals surface area contributed by atoms with E-state index in [-0.39, 0.29) is 11.0 Å². The van der Waals surface area contributed by atoms with Crippen molar-refractivity contribution in [3.05, 3.63) is 23.3 Å². The fourth-order valence-electron chi connectivity index (χ4n) is 3.55. The van der Waals surface area contributed by atoms with Gasteiger partial charge in [-0.3, -0.25) is 0 Å². The van der Waals surface area contributed by atoms with Gasteiger partial charge in [-0.05, 0) is 41.9 Å². The van der Waals surface area contributed by atoms with Crippen LogP contribution in [-0.2, 0) is 5.41 Å². The zero-order chi connectivity index (χ0) is 16.3. The van der Waals surface area contributed by atoms with Crippen molar-refractivity contribution in [2.24, 2.45) is 5.92 Å². The predicted octanol–water partition coefficient (Wildman–Crippen LogP) is 4.26. The molecule has 0 spiro atoms. The summed E-state index contributed by atoms with van der Waals surface area (Å²) >= 11 is 0. The minimum Gasteiger partial charge on any atom is -0.496 e. The third-order valence-electron chi connectivity index (χ3n) is 5.09. The van der Waals surface area contributed by atoms with E-state index in [2.05, 4.69) is 13.8 Å². The van der Waals surface area contributed by atoms with Crippen molar-refractivity contribution in [3.8, 4) is 11.5 Å². The third kappa shape index (κ3) is 3.06. The van der Waals surface area contributed by atoms with E-state index < -0.39 is 5.97 Å². The van der Waals surface area contributed by atoms with E-state index in [1.807, 2.05) is 12.1 Å². The van der Waals surface area contributed by atoms with Crippen molar-refractivity contribution in [3.63, 3.8) is 0 Å². The van der Waals surface area contributed by atoms with Gasteiger partial charge < -0.3 is 14.6 Å². The number of methoxy groups -OCH3 is 2. The highest BCUT2D eigenvalue weighted by atomic mass is 16.5. The fraction of sp³-hybridized carbons (Fsp3) is 0.611. The fourth-order valence-corrected chi connectivity index (χ4v) is 3.55. The van der Waals surface area contributed by atoms with Gasteiger partial charge in [0, 0.05) is 0 Å². The molecule has 4 heteroatoms. The lowest BCUT2D eigenvalue weighted by Gasteiger charge is -2.38. The molecule has 1 aromatic rings. The molecule has 0 saturated heterocycles. The van der Waals surface area contributed by atoms with Gasteiger partial charge in [-0.15, -0.1) is 0 Å². The number of carboxylic acids is 1. The first-order valence-corrected chi connectivity index (χ1v) is 7.91. The number of hydrogen-bond acceptors (Lipinski definition) is 3. The smallest absolute Gasteiger partial charge is 0.343 e. The molecule has 22 heavy (non-hydrogen) atoms. The summed E-state index contributed by atoms with van der Waals surface area (Å²) in [6.45, 7) is 4.47. The lowest BCUT2D eigenvalue weighted by atomic mass is 9.67. The highest BCUT2D eigenvalue weighted by Crippen LogP contribution is 2.44. The van der Waals surface area contributed by atoms with Crippen molar-refractivity contribution in [2.75, 3.05) is 14.2 Å². The number of ether oxygens (including phenoxy) is 2. The molecule has 2 rings (SSSR count). The quantitative estimate of drug-likeness (QED) is 0.883. The molecule has 1 N–H and O–H groups in total. The highest BCUT2D eigenvalue weighted by molar-refractivity contribution is 5.94. The van der Waals surface area contributed by atoms with Gasteiger partial charge in [0.25, 0.3) is 0 Å². The molecule has 4 nitrogen and oxygen atoms in total. The molecular formula is C18H26O4. The average molecular weight is 306 g/mol. The molecular weight excluding hydrogens is 280 g/mol. The number of benzene rings is 1. The molecule has 0 unspecified atom stereocenters. The van der Waals surface area contributed by atoms with E-state index in [1.165, 1.54) is 46.3 Å². The second-order valence-corrected chi connectivity index (χ2v) is 6.62. The summed E-state index contributed by atoms with van der Waals surface area (Å²) in [6, 6.07) is 3.72. The van der Waals surface area contributed by atoms with Crippen molar-refractivity contribution >= 4 is 5.97 Å². The first-order valence-electron chi connectivity index (χ1n) is 7.91. The summed E-state index contributed by atoms with van der Waals surface area (Å²) in [4.78, 5) is 11.5. The van der Waals surface area contributed by atoms with Crippen LogP contribution in [-0.4, -0.2) is 25.3 Å². The number of aromatic carboxylic acids is 1. The standard InChI is InChI=1S/C18H26O4/c1-18(2,12-8-6-5-7-9-12)13-10-14(21-3)16(17(19)20)15(11-13)22-4/h10-12H,5-9H2,1-4H3,(H,19,20). The van der Waals surface area contributed by atoms with Crippen molar-refractivity contribution in [2.45, 2.75) is 51.4 Å².